The fourth-order valence-electron chi connectivity index (χ4n) is 0. The van der Waals surface area contributed by atoms with Crippen LogP contribution < -0.4 is 0 Å². The van der Waals surface area contributed by atoms with E-state index in [9.17, 15) is 25.3 Å². The molecule has 0 rings (SSSR count). The maximum Gasteiger partial charge on any atom is 0.229 e. The molecule has 0 saturated heterocycles. The molecule has 0 amide bonds. The molecule has 0 N–H and O–H groups in total. The van der Waals surface area contributed by atoms with Crippen molar-refractivity contribution in [3.05, 3.63) is 0 Å². The SMILES string of the molecule is CS(=O)(=O)Cl.CS(=O)(=O)Cl.CS(=O)(=O)Cl. The molecule has 0 fully saturated rings. The quantitative estimate of drug-likeness (QED) is 0.595. The summed E-state index contributed by atoms with van der Waals surface area (Å²) in [7, 11) is 3.92. The molecule has 0 atom stereocenters. The van der Waals surface area contributed by atoms with Crippen LogP contribution >= 0.6 is 32.0 Å². The van der Waals surface area contributed by atoms with Gasteiger partial charge in [-0.15, -0.1) is 0 Å². The average molecular weight is 344 g/mol. The Morgan fingerprint density at radius 1 is 0.533 bits per heavy atom. The van der Waals surface area contributed by atoms with Gasteiger partial charge in [0.15, 0.2) is 0 Å². The summed E-state index contributed by atoms with van der Waals surface area (Å²) in [4.78, 5) is 0. The van der Waals surface area contributed by atoms with Crippen LogP contribution in [0, 0.1) is 0 Å². The smallest absolute Gasteiger partial charge is 0.213 e. The summed E-state index contributed by atoms with van der Waals surface area (Å²) >= 11 is 0. The number of hydrogen-bond donors (Lipinski definition) is 0. The minimum absolute atomic E-state index is 0.925. The molecule has 0 aliphatic carbocycles. The molecular weight excluding hydrogens is 335 g/mol. The predicted molar refractivity (Wildman–Crippen MR) is 62.1 cm³/mol. The van der Waals surface area contributed by atoms with E-state index >= 15 is 0 Å². The van der Waals surface area contributed by atoms with Crippen LogP contribution in [-0.2, 0) is 27.2 Å². The Balaban J connectivity index is -0.000000144. The van der Waals surface area contributed by atoms with Crippen molar-refractivity contribution in [2.24, 2.45) is 0 Å². The van der Waals surface area contributed by atoms with Crippen LogP contribution in [0.25, 0.3) is 0 Å². The first-order chi connectivity index (χ1) is 6.00. The summed E-state index contributed by atoms with van der Waals surface area (Å²) in [5.41, 5.74) is 0. The summed E-state index contributed by atoms with van der Waals surface area (Å²) in [6.07, 6.45) is 2.78. The lowest BCUT2D eigenvalue weighted by Crippen LogP contribution is -1.76. The van der Waals surface area contributed by atoms with Crippen LogP contribution in [0.4, 0.5) is 0 Å². The molecular formula is C3H9Cl3O6S3. The van der Waals surface area contributed by atoms with Gasteiger partial charge in [0, 0.05) is 32.0 Å². The van der Waals surface area contributed by atoms with Crippen LogP contribution in [0.2, 0.25) is 0 Å². The zero-order chi connectivity index (χ0) is 13.5. The molecule has 0 aromatic carbocycles. The van der Waals surface area contributed by atoms with E-state index in [-0.39, 0.29) is 0 Å². The van der Waals surface area contributed by atoms with Gasteiger partial charge >= 0.3 is 0 Å². The average Bonchev–Trinajstić information content (AvgIpc) is 1.41. The molecule has 0 aromatic heterocycles. The van der Waals surface area contributed by atoms with Gasteiger partial charge in [-0.25, -0.2) is 25.3 Å². The molecule has 0 radical (unpaired) electrons. The fraction of sp³-hybridized carbons (Fsp3) is 1.00. The molecule has 0 bridgehead atoms. The monoisotopic (exact) mass is 342 g/mol. The molecule has 0 aliphatic heterocycles. The first-order valence-electron chi connectivity index (χ1n) is 2.69. The van der Waals surface area contributed by atoms with Gasteiger partial charge in [-0.1, -0.05) is 0 Å². The van der Waals surface area contributed by atoms with Gasteiger partial charge in [0.2, 0.25) is 27.2 Å². The van der Waals surface area contributed by atoms with E-state index in [1.807, 2.05) is 0 Å². The van der Waals surface area contributed by atoms with Crippen molar-refractivity contribution >= 4 is 59.2 Å². The molecule has 0 heterocycles. The highest BCUT2D eigenvalue weighted by atomic mass is 35.7. The van der Waals surface area contributed by atoms with Gasteiger partial charge in [-0.2, -0.15) is 0 Å². The van der Waals surface area contributed by atoms with E-state index in [0.717, 1.165) is 18.8 Å². The molecule has 0 saturated carbocycles. The van der Waals surface area contributed by atoms with Crippen LogP contribution in [0.3, 0.4) is 0 Å². The lowest BCUT2D eigenvalue weighted by molar-refractivity contribution is 0.613. The molecule has 0 aliphatic rings. The Kier molecular flexibility index (Phi) is 11.1. The Bertz CT molecular complexity index is 350. The van der Waals surface area contributed by atoms with Gasteiger partial charge in [0.1, 0.15) is 0 Å². The van der Waals surface area contributed by atoms with Crippen LogP contribution in [0.1, 0.15) is 0 Å². The molecule has 0 unspecified atom stereocenters. The Morgan fingerprint density at radius 3 is 0.533 bits per heavy atom. The third kappa shape index (κ3) is 4590. The molecule has 0 spiro atoms. The van der Waals surface area contributed by atoms with Crippen molar-refractivity contribution in [3.8, 4) is 0 Å². The lowest BCUT2D eigenvalue weighted by atomic mass is 12.0. The highest BCUT2D eigenvalue weighted by Gasteiger charge is 1.84. The van der Waals surface area contributed by atoms with E-state index in [0.29, 0.717) is 0 Å². The minimum atomic E-state index is -3.19. The summed E-state index contributed by atoms with van der Waals surface area (Å²) < 4.78 is 56.4. The highest BCUT2D eigenvalue weighted by Crippen LogP contribution is 1.84. The van der Waals surface area contributed by atoms with Crippen molar-refractivity contribution in [1.29, 1.82) is 0 Å². The number of halogens is 3. The van der Waals surface area contributed by atoms with Crippen molar-refractivity contribution in [2.45, 2.75) is 0 Å². The Hall–Kier alpha value is 0.720. The van der Waals surface area contributed by atoms with Gasteiger partial charge in [-0.05, 0) is 0 Å². The van der Waals surface area contributed by atoms with Crippen molar-refractivity contribution < 1.29 is 25.3 Å². The number of hydrogen-bond acceptors (Lipinski definition) is 6. The van der Waals surface area contributed by atoms with E-state index in [4.69, 9.17) is 0 Å². The Labute approximate surface area is 103 Å². The summed E-state index contributed by atoms with van der Waals surface area (Å²) in [6, 6.07) is 0. The third-order valence-electron chi connectivity index (χ3n) is 0. The fourth-order valence-corrected chi connectivity index (χ4v) is 0. The first kappa shape index (κ1) is 21.1. The van der Waals surface area contributed by atoms with Crippen molar-refractivity contribution in [3.63, 3.8) is 0 Å². The predicted octanol–water partition coefficient (Wildman–Crippen LogP) is 0.554. The zero-order valence-corrected chi connectivity index (χ0v) is 12.5. The maximum atomic E-state index is 9.40. The lowest BCUT2D eigenvalue weighted by Gasteiger charge is -1.65. The second-order valence-corrected chi connectivity index (χ2v) is 11.2. The summed E-state index contributed by atoms with van der Waals surface area (Å²) in [5, 5.41) is 0. The van der Waals surface area contributed by atoms with E-state index in [1.54, 1.807) is 0 Å². The minimum Gasteiger partial charge on any atom is -0.213 e. The molecule has 0 aromatic rings. The standard InChI is InChI=1S/3CH3ClO2S/c3*1-5(2,3)4/h3*1H3. The normalized spacial score (nSPS) is 11.6. The largest absolute Gasteiger partial charge is 0.229 e. The second kappa shape index (κ2) is 7.91. The van der Waals surface area contributed by atoms with E-state index in [2.05, 4.69) is 32.0 Å². The zero-order valence-electron chi connectivity index (χ0n) is 7.81. The molecule has 15 heavy (non-hydrogen) atoms. The second-order valence-electron chi connectivity index (χ2n) is 2.04. The topological polar surface area (TPSA) is 102 Å². The van der Waals surface area contributed by atoms with Gasteiger partial charge in [0.25, 0.3) is 0 Å². The van der Waals surface area contributed by atoms with E-state index < -0.39 is 27.2 Å². The summed E-state index contributed by atoms with van der Waals surface area (Å²) in [5.74, 6) is 0. The Morgan fingerprint density at radius 2 is 0.533 bits per heavy atom. The van der Waals surface area contributed by atoms with Crippen LogP contribution in [0.15, 0.2) is 0 Å². The third-order valence-corrected chi connectivity index (χ3v) is 0. The maximum absolute atomic E-state index is 9.40. The summed E-state index contributed by atoms with van der Waals surface area (Å²) in [6.45, 7) is 0. The van der Waals surface area contributed by atoms with Gasteiger partial charge in [-0.3, -0.25) is 0 Å². The highest BCUT2D eigenvalue weighted by molar-refractivity contribution is 8.13. The molecule has 96 valence electrons. The first-order valence-corrected chi connectivity index (χ1v) is 10.8. The molecule has 12 heteroatoms. The van der Waals surface area contributed by atoms with Crippen LogP contribution in [-0.4, -0.2) is 44.0 Å². The van der Waals surface area contributed by atoms with Crippen molar-refractivity contribution in [2.75, 3.05) is 18.8 Å². The number of rotatable bonds is 0. The van der Waals surface area contributed by atoms with Crippen molar-refractivity contribution in [1.82, 2.24) is 0 Å². The van der Waals surface area contributed by atoms with E-state index in [1.165, 1.54) is 0 Å². The van der Waals surface area contributed by atoms with Crippen LogP contribution in [0.5, 0.6) is 0 Å². The van der Waals surface area contributed by atoms with Gasteiger partial charge < -0.3 is 0 Å². The molecule has 6 nitrogen and oxygen atoms in total. The van der Waals surface area contributed by atoms with Gasteiger partial charge in [0.05, 0.1) is 18.8 Å².